The zero-order valence-corrected chi connectivity index (χ0v) is 12.5. The fraction of sp³-hybridized carbons (Fsp3) is 0.571. The Bertz CT molecular complexity index is 383. The summed E-state index contributed by atoms with van der Waals surface area (Å²) < 4.78 is 5.58. The van der Waals surface area contributed by atoms with Gasteiger partial charge in [-0.3, -0.25) is 9.59 Å². The highest BCUT2D eigenvalue weighted by molar-refractivity contribution is 9.11. The van der Waals surface area contributed by atoms with Crippen LogP contribution in [0.5, 0.6) is 0 Å². The lowest BCUT2D eigenvalue weighted by Gasteiger charge is -2.00. The van der Waals surface area contributed by atoms with Gasteiger partial charge in [-0.25, -0.2) is 0 Å². The lowest BCUT2D eigenvalue weighted by atomic mass is 10.1. The molecule has 0 unspecified atom stereocenters. The Labute approximate surface area is 116 Å². The summed E-state index contributed by atoms with van der Waals surface area (Å²) in [5.41, 5.74) is 0.901. The third kappa shape index (κ3) is 5.17. The molecule has 0 aromatic rings. The first-order chi connectivity index (χ1) is 8.52. The van der Waals surface area contributed by atoms with Crippen molar-refractivity contribution in [2.24, 2.45) is 5.92 Å². The number of carbonyl (C=O) groups excluding carboxylic acids is 2. The quantitative estimate of drug-likeness (QED) is 0.556. The van der Waals surface area contributed by atoms with Crippen LogP contribution >= 0.6 is 15.9 Å². The van der Waals surface area contributed by atoms with Crippen molar-refractivity contribution in [3.05, 3.63) is 22.2 Å². The standard InChI is InChI=1S/C14H19BrO3/c1-10-7-11(13(16)8-10)9-12(15)5-3-4-6-14(17)18-2/h5,7,10H,3-4,6,8-9H2,1-2H3/b12-5-/t10-/m0/s1. The molecule has 0 aliphatic heterocycles. The highest BCUT2D eigenvalue weighted by Gasteiger charge is 2.20. The smallest absolute Gasteiger partial charge is 0.305 e. The summed E-state index contributed by atoms with van der Waals surface area (Å²) in [5.74, 6) is 0.441. The number of esters is 1. The van der Waals surface area contributed by atoms with Gasteiger partial charge in [-0.2, -0.15) is 0 Å². The Hall–Kier alpha value is -0.900. The fourth-order valence-electron chi connectivity index (χ4n) is 1.94. The maximum Gasteiger partial charge on any atom is 0.305 e. The van der Waals surface area contributed by atoms with E-state index in [0.29, 0.717) is 25.2 Å². The molecule has 1 atom stereocenters. The molecule has 0 aromatic carbocycles. The summed E-state index contributed by atoms with van der Waals surface area (Å²) in [5, 5.41) is 0. The second kappa shape index (κ2) is 7.52. The number of unbranched alkanes of at least 4 members (excludes halogenated alkanes) is 1. The van der Waals surface area contributed by atoms with Gasteiger partial charge in [0.25, 0.3) is 0 Å². The molecular formula is C14H19BrO3. The van der Waals surface area contributed by atoms with Gasteiger partial charge in [-0.15, -0.1) is 0 Å². The minimum atomic E-state index is -0.179. The molecule has 0 spiro atoms. The first-order valence-electron chi connectivity index (χ1n) is 6.18. The van der Waals surface area contributed by atoms with Gasteiger partial charge in [0.15, 0.2) is 5.78 Å². The van der Waals surface area contributed by atoms with E-state index in [1.54, 1.807) is 0 Å². The second-order valence-electron chi connectivity index (χ2n) is 4.59. The molecule has 0 bridgehead atoms. The van der Waals surface area contributed by atoms with Gasteiger partial charge in [-0.1, -0.05) is 35.0 Å². The van der Waals surface area contributed by atoms with Gasteiger partial charge < -0.3 is 4.74 Å². The molecule has 1 aliphatic carbocycles. The summed E-state index contributed by atoms with van der Waals surface area (Å²) >= 11 is 3.47. The van der Waals surface area contributed by atoms with Crippen LogP contribution in [-0.2, 0) is 14.3 Å². The van der Waals surface area contributed by atoms with Crippen molar-refractivity contribution in [1.82, 2.24) is 0 Å². The van der Waals surface area contributed by atoms with E-state index in [2.05, 4.69) is 27.6 Å². The number of hydrogen-bond donors (Lipinski definition) is 0. The van der Waals surface area contributed by atoms with Crippen molar-refractivity contribution in [3.8, 4) is 0 Å². The van der Waals surface area contributed by atoms with Crippen molar-refractivity contribution >= 4 is 27.7 Å². The lowest BCUT2D eigenvalue weighted by molar-refractivity contribution is -0.140. The summed E-state index contributed by atoms with van der Waals surface area (Å²) in [7, 11) is 1.40. The van der Waals surface area contributed by atoms with E-state index in [1.165, 1.54) is 7.11 Å². The van der Waals surface area contributed by atoms with Crippen LogP contribution in [0.4, 0.5) is 0 Å². The Morgan fingerprint density at radius 2 is 2.33 bits per heavy atom. The van der Waals surface area contributed by atoms with Crippen molar-refractivity contribution in [1.29, 1.82) is 0 Å². The number of rotatable bonds is 6. The van der Waals surface area contributed by atoms with E-state index in [4.69, 9.17) is 0 Å². The van der Waals surface area contributed by atoms with E-state index in [0.717, 1.165) is 22.9 Å². The third-order valence-corrected chi connectivity index (χ3v) is 3.49. The van der Waals surface area contributed by atoms with Gasteiger partial charge in [0.1, 0.15) is 0 Å². The number of ketones is 1. The molecule has 0 heterocycles. The molecular weight excluding hydrogens is 296 g/mol. The van der Waals surface area contributed by atoms with Crippen LogP contribution in [0, 0.1) is 5.92 Å². The van der Waals surface area contributed by atoms with E-state index in [9.17, 15) is 9.59 Å². The van der Waals surface area contributed by atoms with Crippen LogP contribution in [0.2, 0.25) is 0 Å². The van der Waals surface area contributed by atoms with E-state index in [1.807, 2.05) is 12.2 Å². The summed E-state index contributed by atoms with van der Waals surface area (Å²) in [6, 6.07) is 0. The Morgan fingerprint density at radius 1 is 1.61 bits per heavy atom. The molecule has 0 aromatic heterocycles. The molecule has 0 amide bonds. The molecule has 0 saturated carbocycles. The lowest BCUT2D eigenvalue weighted by Crippen LogP contribution is -1.99. The van der Waals surface area contributed by atoms with Crippen molar-refractivity contribution in [2.75, 3.05) is 7.11 Å². The highest BCUT2D eigenvalue weighted by Crippen LogP contribution is 2.27. The normalized spacial score (nSPS) is 19.9. The Kier molecular flexibility index (Phi) is 6.33. The van der Waals surface area contributed by atoms with Crippen LogP contribution in [0.1, 0.15) is 39.0 Å². The minimum Gasteiger partial charge on any atom is -0.469 e. The molecule has 0 fully saturated rings. The molecule has 1 rings (SSSR count). The zero-order chi connectivity index (χ0) is 13.5. The molecule has 4 heteroatoms. The Morgan fingerprint density at radius 3 is 2.89 bits per heavy atom. The molecule has 1 aliphatic rings. The third-order valence-electron chi connectivity index (χ3n) is 2.89. The number of hydrogen-bond acceptors (Lipinski definition) is 3. The first kappa shape index (κ1) is 15.2. The van der Waals surface area contributed by atoms with Gasteiger partial charge >= 0.3 is 5.97 Å². The van der Waals surface area contributed by atoms with Gasteiger partial charge in [0.2, 0.25) is 0 Å². The van der Waals surface area contributed by atoms with E-state index >= 15 is 0 Å². The van der Waals surface area contributed by atoms with Crippen molar-refractivity contribution < 1.29 is 14.3 Å². The molecule has 100 valence electrons. The van der Waals surface area contributed by atoms with Crippen molar-refractivity contribution in [3.63, 3.8) is 0 Å². The number of carbonyl (C=O) groups is 2. The minimum absolute atomic E-state index is 0.179. The van der Waals surface area contributed by atoms with Crippen molar-refractivity contribution in [2.45, 2.75) is 39.0 Å². The van der Waals surface area contributed by atoms with Gasteiger partial charge in [0.05, 0.1) is 7.11 Å². The average molecular weight is 315 g/mol. The second-order valence-corrected chi connectivity index (χ2v) is 5.61. The SMILES string of the molecule is COC(=O)CCC/C=C(\Br)CC1=C[C@H](C)CC1=O. The average Bonchev–Trinajstić information content (AvgIpc) is 2.63. The zero-order valence-electron chi connectivity index (χ0n) is 10.9. The molecule has 0 radical (unpaired) electrons. The predicted molar refractivity (Wildman–Crippen MR) is 74.4 cm³/mol. The number of allylic oxidation sites excluding steroid dienone is 4. The maximum atomic E-state index is 11.6. The van der Waals surface area contributed by atoms with Gasteiger partial charge in [0, 0.05) is 19.3 Å². The molecule has 0 N–H and O–H groups in total. The maximum absolute atomic E-state index is 11.6. The highest BCUT2D eigenvalue weighted by atomic mass is 79.9. The van der Waals surface area contributed by atoms with Gasteiger partial charge in [-0.05, 0) is 28.8 Å². The van der Waals surface area contributed by atoms with Crippen LogP contribution in [0.15, 0.2) is 22.2 Å². The van der Waals surface area contributed by atoms with Crippen LogP contribution < -0.4 is 0 Å². The topological polar surface area (TPSA) is 43.4 Å². The number of ether oxygens (including phenoxy) is 1. The summed E-state index contributed by atoms with van der Waals surface area (Å²) in [6.45, 7) is 2.05. The predicted octanol–water partition coefficient (Wildman–Crippen LogP) is 3.53. The molecule has 0 saturated heterocycles. The van der Waals surface area contributed by atoms with Crippen LogP contribution in [0.3, 0.4) is 0 Å². The van der Waals surface area contributed by atoms with Crippen LogP contribution in [0.25, 0.3) is 0 Å². The fourth-order valence-corrected chi connectivity index (χ4v) is 2.47. The van der Waals surface area contributed by atoms with E-state index in [-0.39, 0.29) is 11.8 Å². The molecule has 18 heavy (non-hydrogen) atoms. The van der Waals surface area contributed by atoms with Crippen LogP contribution in [-0.4, -0.2) is 18.9 Å². The summed E-state index contributed by atoms with van der Waals surface area (Å²) in [4.78, 5) is 22.5. The number of methoxy groups -OCH3 is 1. The Balaban J connectivity index is 2.32. The summed E-state index contributed by atoms with van der Waals surface area (Å²) in [6.07, 6.45) is 7.40. The van der Waals surface area contributed by atoms with E-state index < -0.39 is 0 Å². The molecule has 3 nitrogen and oxygen atoms in total. The number of Topliss-reactive ketones (excluding diaryl/α,β-unsaturated/α-hetero) is 1. The monoisotopic (exact) mass is 314 g/mol. The largest absolute Gasteiger partial charge is 0.469 e. The first-order valence-corrected chi connectivity index (χ1v) is 6.97. The number of halogens is 1.